The lowest BCUT2D eigenvalue weighted by molar-refractivity contribution is 0.196. The van der Waals surface area contributed by atoms with Gasteiger partial charge in [0.1, 0.15) is 11.8 Å². The fraction of sp³-hybridized carbons (Fsp3) is 0.429. The molecule has 6 nitrogen and oxygen atoms in total. The Kier molecular flexibility index (Phi) is 4.57. The Hall–Kier alpha value is -2.08. The monoisotopic (exact) mass is 277 g/mol. The molecule has 20 heavy (non-hydrogen) atoms. The lowest BCUT2D eigenvalue weighted by Crippen LogP contribution is -2.12. The minimum atomic E-state index is -0.900. The predicted octanol–water partition coefficient (Wildman–Crippen LogP) is 1.79. The van der Waals surface area contributed by atoms with E-state index in [0.717, 1.165) is 6.42 Å². The van der Waals surface area contributed by atoms with Crippen molar-refractivity contribution < 1.29 is 14.6 Å². The largest absolute Gasteiger partial charge is 0.493 e. The molecule has 0 aromatic carbocycles. The number of pyridine rings is 1. The first-order valence-corrected chi connectivity index (χ1v) is 6.49. The minimum absolute atomic E-state index is 0.395. The SMILES string of the molecule is CCCn1ncc(OC)c1C(O)c1cccnc1OC. The number of rotatable bonds is 6. The Morgan fingerprint density at radius 2 is 2.15 bits per heavy atom. The predicted molar refractivity (Wildman–Crippen MR) is 73.9 cm³/mol. The number of nitrogens with zero attached hydrogens (tertiary/aromatic N) is 3. The van der Waals surface area contributed by atoms with Gasteiger partial charge in [-0.2, -0.15) is 5.10 Å². The van der Waals surface area contributed by atoms with Gasteiger partial charge < -0.3 is 14.6 Å². The second kappa shape index (κ2) is 6.38. The van der Waals surface area contributed by atoms with Gasteiger partial charge in [0.25, 0.3) is 0 Å². The average Bonchev–Trinajstić information content (AvgIpc) is 2.89. The van der Waals surface area contributed by atoms with Gasteiger partial charge in [-0.3, -0.25) is 4.68 Å². The van der Waals surface area contributed by atoms with Crippen molar-refractivity contribution in [2.24, 2.45) is 0 Å². The quantitative estimate of drug-likeness (QED) is 0.871. The van der Waals surface area contributed by atoms with E-state index >= 15 is 0 Å². The summed E-state index contributed by atoms with van der Waals surface area (Å²) in [5.74, 6) is 0.947. The number of aliphatic hydroxyl groups excluding tert-OH is 1. The van der Waals surface area contributed by atoms with Gasteiger partial charge >= 0.3 is 0 Å². The van der Waals surface area contributed by atoms with E-state index in [9.17, 15) is 5.11 Å². The van der Waals surface area contributed by atoms with Crippen LogP contribution in [0.3, 0.4) is 0 Å². The van der Waals surface area contributed by atoms with Crippen LogP contribution in [0.1, 0.15) is 30.7 Å². The fourth-order valence-electron chi connectivity index (χ4n) is 2.13. The number of aryl methyl sites for hydroxylation is 1. The number of hydrogen-bond acceptors (Lipinski definition) is 5. The van der Waals surface area contributed by atoms with Gasteiger partial charge in [-0.05, 0) is 18.6 Å². The number of aliphatic hydroxyl groups is 1. The third-order valence-electron chi connectivity index (χ3n) is 3.05. The Morgan fingerprint density at radius 1 is 1.35 bits per heavy atom. The van der Waals surface area contributed by atoms with Crippen molar-refractivity contribution in [1.29, 1.82) is 0 Å². The number of aromatic nitrogens is 3. The molecule has 2 heterocycles. The Bertz CT molecular complexity index is 569. The highest BCUT2D eigenvalue weighted by Gasteiger charge is 2.24. The zero-order valence-electron chi connectivity index (χ0n) is 11.9. The summed E-state index contributed by atoms with van der Waals surface area (Å²) < 4.78 is 12.2. The molecule has 6 heteroatoms. The molecule has 0 aliphatic carbocycles. The molecule has 0 amide bonds. The van der Waals surface area contributed by atoms with Crippen LogP contribution in [0.15, 0.2) is 24.5 Å². The van der Waals surface area contributed by atoms with Crippen LogP contribution in [0.25, 0.3) is 0 Å². The van der Waals surface area contributed by atoms with Crippen molar-refractivity contribution in [2.45, 2.75) is 26.0 Å². The van der Waals surface area contributed by atoms with Gasteiger partial charge in [0, 0.05) is 18.3 Å². The molecule has 0 bridgehead atoms. The minimum Gasteiger partial charge on any atom is -0.493 e. The summed E-state index contributed by atoms with van der Waals surface area (Å²) in [6, 6.07) is 3.54. The maximum atomic E-state index is 10.7. The van der Waals surface area contributed by atoms with E-state index < -0.39 is 6.10 Å². The molecule has 1 N–H and O–H groups in total. The molecule has 0 saturated carbocycles. The lowest BCUT2D eigenvalue weighted by Gasteiger charge is -2.16. The standard InChI is InChI=1S/C14H19N3O3/c1-4-8-17-12(11(19-2)9-16-17)13(18)10-6-5-7-15-14(10)20-3/h5-7,9,13,18H,4,8H2,1-3H3. The highest BCUT2D eigenvalue weighted by Crippen LogP contribution is 2.33. The van der Waals surface area contributed by atoms with Crippen LogP contribution in [0.5, 0.6) is 11.6 Å². The van der Waals surface area contributed by atoms with Gasteiger partial charge in [0.05, 0.1) is 20.4 Å². The zero-order chi connectivity index (χ0) is 14.5. The van der Waals surface area contributed by atoms with E-state index in [1.54, 1.807) is 36.3 Å². The molecular formula is C14H19N3O3. The maximum absolute atomic E-state index is 10.7. The molecule has 0 spiro atoms. The smallest absolute Gasteiger partial charge is 0.219 e. The number of ether oxygens (including phenoxy) is 2. The molecule has 0 aliphatic rings. The van der Waals surface area contributed by atoms with E-state index in [-0.39, 0.29) is 0 Å². The van der Waals surface area contributed by atoms with Gasteiger partial charge in [-0.1, -0.05) is 6.92 Å². The molecule has 2 aromatic heterocycles. The second-order valence-corrected chi connectivity index (χ2v) is 4.33. The molecule has 0 fully saturated rings. The topological polar surface area (TPSA) is 69.4 Å². The molecule has 1 unspecified atom stereocenters. The second-order valence-electron chi connectivity index (χ2n) is 4.33. The summed E-state index contributed by atoms with van der Waals surface area (Å²) in [5.41, 5.74) is 1.20. The zero-order valence-corrected chi connectivity index (χ0v) is 11.9. The molecule has 108 valence electrons. The number of hydrogen-bond donors (Lipinski definition) is 1. The summed E-state index contributed by atoms with van der Waals surface area (Å²) in [7, 11) is 3.09. The van der Waals surface area contributed by atoms with Gasteiger partial charge in [0.2, 0.25) is 5.88 Å². The summed E-state index contributed by atoms with van der Waals surface area (Å²) in [4.78, 5) is 4.11. The number of methoxy groups -OCH3 is 2. The van der Waals surface area contributed by atoms with Crippen LogP contribution in [-0.2, 0) is 6.54 Å². The molecule has 2 rings (SSSR count). The van der Waals surface area contributed by atoms with Crippen LogP contribution in [0, 0.1) is 0 Å². The van der Waals surface area contributed by atoms with E-state index in [1.807, 2.05) is 0 Å². The highest BCUT2D eigenvalue weighted by molar-refractivity contribution is 5.38. The Balaban J connectivity index is 2.46. The van der Waals surface area contributed by atoms with Crippen LogP contribution < -0.4 is 9.47 Å². The fourth-order valence-corrected chi connectivity index (χ4v) is 2.13. The summed E-state index contributed by atoms with van der Waals surface area (Å²) in [6.45, 7) is 2.76. The van der Waals surface area contributed by atoms with Crippen LogP contribution >= 0.6 is 0 Å². The van der Waals surface area contributed by atoms with Crippen molar-refractivity contribution in [3.8, 4) is 11.6 Å². The maximum Gasteiger partial charge on any atom is 0.219 e. The lowest BCUT2D eigenvalue weighted by atomic mass is 10.1. The van der Waals surface area contributed by atoms with Gasteiger partial charge in [0.15, 0.2) is 5.75 Å². The van der Waals surface area contributed by atoms with E-state index in [1.165, 1.54) is 7.11 Å². The molecule has 0 saturated heterocycles. The molecule has 1 atom stereocenters. The average molecular weight is 277 g/mol. The van der Waals surface area contributed by atoms with E-state index in [0.29, 0.717) is 29.4 Å². The first-order valence-electron chi connectivity index (χ1n) is 6.49. The first kappa shape index (κ1) is 14.3. The van der Waals surface area contributed by atoms with Crippen molar-refractivity contribution in [3.63, 3.8) is 0 Å². The third-order valence-corrected chi connectivity index (χ3v) is 3.05. The molecule has 0 aliphatic heterocycles. The van der Waals surface area contributed by atoms with Crippen molar-refractivity contribution >= 4 is 0 Å². The molecular weight excluding hydrogens is 258 g/mol. The highest BCUT2D eigenvalue weighted by atomic mass is 16.5. The molecule has 0 radical (unpaired) electrons. The van der Waals surface area contributed by atoms with Crippen LogP contribution in [-0.4, -0.2) is 34.1 Å². The van der Waals surface area contributed by atoms with Crippen molar-refractivity contribution in [3.05, 3.63) is 35.8 Å². The first-order chi connectivity index (χ1) is 9.72. The molecule has 2 aromatic rings. The normalized spacial score (nSPS) is 12.2. The Labute approximate surface area is 118 Å². The van der Waals surface area contributed by atoms with Gasteiger partial charge in [-0.25, -0.2) is 4.98 Å². The van der Waals surface area contributed by atoms with Crippen LogP contribution in [0.4, 0.5) is 0 Å². The van der Waals surface area contributed by atoms with Crippen LogP contribution in [0.2, 0.25) is 0 Å². The van der Waals surface area contributed by atoms with E-state index in [2.05, 4.69) is 17.0 Å². The Morgan fingerprint density at radius 3 is 2.80 bits per heavy atom. The van der Waals surface area contributed by atoms with E-state index in [4.69, 9.17) is 9.47 Å². The third kappa shape index (κ3) is 2.60. The summed E-state index contributed by atoms with van der Waals surface area (Å²) >= 11 is 0. The summed E-state index contributed by atoms with van der Waals surface area (Å²) in [5, 5.41) is 14.9. The van der Waals surface area contributed by atoms with Gasteiger partial charge in [-0.15, -0.1) is 0 Å². The van der Waals surface area contributed by atoms with Crippen molar-refractivity contribution in [2.75, 3.05) is 14.2 Å². The summed E-state index contributed by atoms with van der Waals surface area (Å²) in [6.07, 6.45) is 3.24. The van der Waals surface area contributed by atoms with Crippen molar-refractivity contribution in [1.82, 2.24) is 14.8 Å².